The molecular formula is C19H30N2O3. The van der Waals surface area contributed by atoms with Crippen molar-refractivity contribution in [2.24, 2.45) is 5.92 Å². The van der Waals surface area contributed by atoms with Gasteiger partial charge in [0.1, 0.15) is 5.60 Å². The fourth-order valence-electron chi connectivity index (χ4n) is 3.33. The van der Waals surface area contributed by atoms with Crippen LogP contribution >= 0.6 is 0 Å². The molecule has 1 fully saturated rings. The zero-order valence-electron chi connectivity index (χ0n) is 15.4. The zero-order chi connectivity index (χ0) is 17.6. The van der Waals surface area contributed by atoms with E-state index in [-0.39, 0.29) is 5.91 Å². The van der Waals surface area contributed by atoms with E-state index in [1.54, 1.807) is 13.3 Å². The lowest BCUT2D eigenvalue weighted by molar-refractivity contribution is -0.143. The number of ether oxygens (including phenoxy) is 2. The average Bonchev–Trinajstić information content (AvgIpc) is 2.56. The smallest absolute Gasteiger partial charge is 0.256 e. The Balaban J connectivity index is 2.04. The Hall–Kier alpha value is -1.62. The van der Waals surface area contributed by atoms with Crippen LogP contribution in [0.15, 0.2) is 12.3 Å². The minimum absolute atomic E-state index is 0.0719. The zero-order valence-corrected chi connectivity index (χ0v) is 15.4. The van der Waals surface area contributed by atoms with Crippen LogP contribution in [0, 0.1) is 12.8 Å². The van der Waals surface area contributed by atoms with Crippen LogP contribution in [0.25, 0.3) is 0 Å². The van der Waals surface area contributed by atoms with Crippen LogP contribution in [0.3, 0.4) is 0 Å². The first-order chi connectivity index (χ1) is 11.5. The van der Waals surface area contributed by atoms with Gasteiger partial charge >= 0.3 is 0 Å². The largest absolute Gasteiger partial charge is 0.477 e. The number of carbonyl (C=O) groups excluding carboxylic acids is 1. The number of methoxy groups -OCH3 is 1. The number of nitrogens with zero attached hydrogens (tertiary/aromatic N) is 1. The maximum Gasteiger partial charge on any atom is 0.256 e. The summed E-state index contributed by atoms with van der Waals surface area (Å²) in [6.07, 6.45) is 7.46. The van der Waals surface area contributed by atoms with Gasteiger partial charge < -0.3 is 14.8 Å². The Kier molecular flexibility index (Phi) is 6.60. The summed E-state index contributed by atoms with van der Waals surface area (Å²) >= 11 is 0. The molecule has 0 aromatic carbocycles. The van der Waals surface area contributed by atoms with Crippen LogP contribution in [0.5, 0.6) is 5.88 Å². The Labute approximate surface area is 145 Å². The number of carbonyl (C=O) groups is 1. The van der Waals surface area contributed by atoms with Gasteiger partial charge in [0.05, 0.1) is 18.5 Å². The molecule has 0 bridgehead atoms. The van der Waals surface area contributed by atoms with E-state index in [4.69, 9.17) is 9.47 Å². The van der Waals surface area contributed by atoms with E-state index in [1.165, 1.54) is 0 Å². The van der Waals surface area contributed by atoms with Gasteiger partial charge in [-0.1, -0.05) is 26.7 Å². The third kappa shape index (κ3) is 4.47. The van der Waals surface area contributed by atoms with E-state index in [2.05, 4.69) is 24.1 Å². The summed E-state index contributed by atoms with van der Waals surface area (Å²) in [4.78, 5) is 17.1. The fraction of sp³-hybridized carbons (Fsp3) is 0.684. The predicted octanol–water partition coefficient (Wildman–Crippen LogP) is 4.10. The van der Waals surface area contributed by atoms with E-state index in [1.807, 2.05) is 13.0 Å². The standard InChI is InChI=1S/C19H30N2O3/c1-5-6-10-24-17-15(3)11-16(13-20-17)21-18(22)19(23-4)9-7-8-14(2)12-19/h11,13-14H,5-10,12H2,1-4H3,(H,21,22)/t14-,19+/m0/s1. The number of hydrogen-bond acceptors (Lipinski definition) is 4. The molecule has 134 valence electrons. The first-order valence-corrected chi connectivity index (χ1v) is 8.97. The molecule has 1 heterocycles. The first kappa shape index (κ1) is 18.7. The van der Waals surface area contributed by atoms with Crippen molar-refractivity contribution in [2.45, 2.75) is 64.9 Å². The van der Waals surface area contributed by atoms with Crippen molar-refractivity contribution in [3.05, 3.63) is 17.8 Å². The monoisotopic (exact) mass is 334 g/mol. The van der Waals surface area contributed by atoms with Crippen molar-refractivity contribution < 1.29 is 14.3 Å². The Morgan fingerprint density at radius 3 is 2.92 bits per heavy atom. The number of anilines is 1. The minimum Gasteiger partial charge on any atom is -0.477 e. The number of hydrogen-bond donors (Lipinski definition) is 1. The number of pyridine rings is 1. The molecule has 0 unspecified atom stereocenters. The van der Waals surface area contributed by atoms with Gasteiger partial charge in [0.15, 0.2) is 0 Å². The number of nitrogens with one attached hydrogen (secondary N) is 1. The summed E-state index contributed by atoms with van der Waals surface area (Å²) in [5.41, 5.74) is 0.893. The lowest BCUT2D eigenvalue weighted by atomic mass is 9.78. The molecule has 1 amide bonds. The molecule has 1 aliphatic rings. The van der Waals surface area contributed by atoms with Crippen LogP contribution in [-0.2, 0) is 9.53 Å². The average molecular weight is 334 g/mol. The van der Waals surface area contributed by atoms with E-state index >= 15 is 0 Å². The van der Waals surface area contributed by atoms with Gasteiger partial charge in [-0.2, -0.15) is 0 Å². The lowest BCUT2D eigenvalue weighted by Crippen LogP contribution is -2.47. The highest BCUT2D eigenvalue weighted by molar-refractivity contribution is 5.97. The second-order valence-electron chi connectivity index (χ2n) is 6.90. The fourth-order valence-corrected chi connectivity index (χ4v) is 3.33. The lowest BCUT2D eigenvalue weighted by Gasteiger charge is -2.37. The number of unbranched alkanes of at least 4 members (excludes halogenated alkanes) is 1. The summed E-state index contributed by atoms with van der Waals surface area (Å²) in [5.74, 6) is 1.06. The quantitative estimate of drug-likeness (QED) is 0.763. The van der Waals surface area contributed by atoms with Gasteiger partial charge in [-0.05, 0) is 44.6 Å². The molecule has 1 aromatic rings. The highest BCUT2D eigenvalue weighted by Gasteiger charge is 2.42. The second kappa shape index (κ2) is 8.47. The van der Waals surface area contributed by atoms with E-state index in [0.29, 0.717) is 24.1 Å². The Morgan fingerprint density at radius 2 is 2.29 bits per heavy atom. The van der Waals surface area contributed by atoms with Crippen molar-refractivity contribution in [2.75, 3.05) is 19.0 Å². The number of rotatable bonds is 7. The molecule has 5 heteroatoms. The molecule has 1 aliphatic carbocycles. The molecule has 0 radical (unpaired) electrons. The van der Waals surface area contributed by atoms with Crippen molar-refractivity contribution in [1.29, 1.82) is 0 Å². The first-order valence-electron chi connectivity index (χ1n) is 8.97. The molecule has 2 rings (SSSR count). The van der Waals surface area contributed by atoms with E-state index in [0.717, 1.165) is 44.1 Å². The highest BCUT2D eigenvalue weighted by Crippen LogP contribution is 2.35. The van der Waals surface area contributed by atoms with Gasteiger partial charge in [-0.3, -0.25) is 4.79 Å². The molecule has 1 saturated carbocycles. The Bertz CT molecular complexity index is 562. The van der Waals surface area contributed by atoms with Gasteiger partial charge in [-0.25, -0.2) is 4.98 Å². The number of amides is 1. The highest BCUT2D eigenvalue weighted by atomic mass is 16.5. The van der Waals surface area contributed by atoms with E-state index < -0.39 is 5.60 Å². The van der Waals surface area contributed by atoms with Crippen molar-refractivity contribution >= 4 is 11.6 Å². The van der Waals surface area contributed by atoms with Crippen LogP contribution in [-0.4, -0.2) is 30.2 Å². The molecule has 1 aromatic heterocycles. The molecule has 0 saturated heterocycles. The molecule has 5 nitrogen and oxygen atoms in total. The van der Waals surface area contributed by atoms with Crippen molar-refractivity contribution in [3.8, 4) is 5.88 Å². The topological polar surface area (TPSA) is 60.5 Å². The third-order valence-corrected chi connectivity index (χ3v) is 4.79. The summed E-state index contributed by atoms with van der Waals surface area (Å²) < 4.78 is 11.3. The minimum atomic E-state index is -0.720. The number of aryl methyl sites for hydroxylation is 1. The normalized spacial score (nSPS) is 23.8. The van der Waals surface area contributed by atoms with Crippen LogP contribution in [0.1, 0.15) is 57.9 Å². The SMILES string of the molecule is CCCCOc1ncc(NC(=O)[C@@]2(OC)CCC[C@H](C)C2)cc1C. The van der Waals surface area contributed by atoms with E-state index in [9.17, 15) is 4.79 Å². The Morgan fingerprint density at radius 1 is 1.50 bits per heavy atom. The summed E-state index contributed by atoms with van der Waals surface area (Å²) in [5, 5.41) is 2.98. The molecule has 2 atom stereocenters. The maximum absolute atomic E-state index is 12.8. The number of aromatic nitrogens is 1. The second-order valence-corrected chi connectivity index (χ2v) is 6.90. The van der Waals surface area contributed by atoms with Gasteiger partial charge in [-0.15, -0.1) is 0 Å². The van der Waals surface area contributed by atoms with Gasteiger partial charge in [0.25, 0.3) is 5.91 Å². The molecular weight excluding hydrogens is 304 g/mol. The summed E-state index contributed by atoms with van der Waals surface area (Å²) in [6.45, 7) is 6.91. The summed E-state index contributed by atoms with van der Waals surface area (Å²) in [6, 6.07) is 1.90. The van der Waals surface area contributed by atoms with Gasteiger partial charge in [0, 0.05) is 12.7 Å². The van der Waals surface area contributed by atoms with Gasteiger partial charge in [0.2, 0.25) is 5.88 Å². The van der Waals surface area contributed by atoms with Crippen LogP contribution in [0.4, 0.5) is 5.69 Å². The summed E-state index contributed by atoms with van der Waals surface area (Å²) in [7, 11) is 1.63. The third-order valence-electron chi connectivity index (χ3n) is 4.79. The van der Waals surface area contributed by atoms with Crippen LogP contribution < -0.4 is 10.1 Å². The molecule has 0 aliphatic heterocycles. The maximum atomic E-state index is 12.8. The van der Waals surface area contributed by atoms with Crippen molar-refractivity contribution in [1.82, 2.24) is 4.98 Å². The van der Waals surface area contributed by atoms with Crippen molar-refractivity contribution in [3.63, 3.8) is 0 Å². The molecule has 0 spiro atoms. The molecule has 1 N–H and O–H groups in total. The predicted molar refractivity (Wildman–Crippen MR) is 95.4 cm³/mol. The van der Waals surface area contributed by atoms with Crippen LogP contribution in [0.2, 0.25) is 0 Å². The molecule has 24 heavy (non-hydrogen) atoms.